The number of rotatable bonds is 7. The molecule has 1 aliphatic carbocycles. The van der Waals surface area contributed by atoms with Crippen LogP contribution >= 0.6 is 0 Å². The molecule has 0 amide bonds. The molecule has 2 heterocycles. The van der Waals surface area contributed by atoms with E-state index in [4.69, 9.17) is 20.0 Å². The van der Waals surface area contributed by atoms with E-state index >= 15 is 4.39 Å². The van der Waals surface area contributed by atoms with E-state index < -0.39 is 25.8 Å². The number of methoxy groups -OCH3 is 1. The zero-order valence-electron chi connectivity index (χ0n) is 21.1. The van der Waals surface area contributed by atoms with E-state index in [2.05, 4.69) is 19.5 Å². The number of halogens is 1. The molecule has 0 radical (unpaired) electrons. The van der Waals surface area contributed by atoms with E-state index in [1.165, 1.54) is 25.6 Å². The lowest BCUT2D eigenvalue weighted by molar-refractivity contribution is 0.395. The number of hydrogen-bond donors (Lipinski definition) is 1. The zero-order valence-corrected chi connectivity index (χ0v) is 21.9. The van der Waals surface area contributed by atoms with Gasteiger partial charge in [0.1, 0.15) is 27.8 Å². The molecule has 0 saturated heterocycles. The second-order valence-corrected chi connectivity index (χ2v) is 12.2. The quantitative estimate of drug-likeness (QED) is 0.361. The number of amidine groups is 1. The minimum Gasteiger partial charge on any atom is -0.480 e. The molecule has 1 aromatic carbocycles. The largest absolute Gasteiger partial charge is 0.480 e. The Morgan fingerprint density at radius 3 is 2.53 bits per heavy atom. The maximum Gasteiger partial charge on any atom is 0.232 e. The number of hydrogen-bond acceptors (Lipinski definition) is 8. The summed E-state index contributed by atoms with van der Waals surface area (Å²) in [6.07, 6.45) is 7.72. The Morgan fingerprint density at radius 2 is 1.92 bits per heavy atom. The zero-order chi connectivity index (χ0) is 26.1. The third-order valence-corrected chi connectivity index (χ3v) is 9.64. The summed E-state index contributed by atoms with van der Waals surface area (Å²) in [5, 5.41) is 4.08. The molecule has 9 nitrogen and oxygen atoms in total. The van der Waals surface area contributed by atoms with Crippen molar-refractivity contribution in [2.24, 2.45) is 15.1 Å². The van der Waals surface area contributed by atoms with Gasteiger partial charge in [-0.3, -0.25) is 4.99 Å². The van der Waals surface area contributed by atoms with Crippen LogP contribution in [0.15, 0.2) is 50.5 Å². The molecule has 11 heteroatoms. The van der Waals surface area contributed by atoms with Crippen LogP contribution in [-0.4, -0.2) is 50.3 Å². The maximum atomic E-state index is 15.1. The summed E-state index contributed by atoms with van der Waals surface area (Å²) < 4.78 is 42.4. The topological polar surface area (TPSA) is 129 Å². The molecule has 36 heavy (non-hydrogen) atoms. The van der Waals surface area contributed by atoms with Gasteiger partial charge in [-0.1, -0.05) is 18.0 Å². The van der Waals surface area contributed by atoms with Crippen molar-refractivity contribution in [1.29, 1.82) is 0 Å². The SMILES string of the molecule is CN=S(C)(=O)C1(C(N)=NC(C)(C)c2cc(-c3cc(-c4cnc(OC)cn4)no3)ccc2F)CCCC1. The normalized spacial score (nSPS) is 17.6. The van der Waals surface area contributed by atoms with Gasteiger partial charge < -0.3 is 15.0 Å². The minimum atomic E-state index is -2.62. The van der Waals surface area contributed by atoms with Crippen LogP contribution in [0.2, 0.25) is 0 Å². The molecule has 0 bridgehead atoms. The fourth-order valence-corrected chi connectivity index (χ4v) is 6.48. The van der Waals surface area contributed by atoms with E-state index in [1.54, 1.807) is 45.4 Å². The fourth-order valence-electron chi connectivity index (χ4n) is 4.65. The van der Waals surface area contributed by atoms with Crippen molar-refractivity contribution in [1.82, 2.24) is 15.1 Å². The van der Waals surface area contributed by atoms with Gasteiger partial charge in [-0.15, -0.1) is 0 Å². The van der Waals surface area contributed by atoms with Crippen molar-refractivity contribution in [2.75, 3.05) is 20.4 Å². The lowest BCUT2D eigenvalue weighted by Crippen LogP contribution is -2.48. The van der Waals surface area contributed by atoms with Gasteiger partial charge in [0.2, 0.25) is 5.88 Å². The third-order valence-electron chi connectivity index (χ3n) is 6.87. The number of nitrogens with zero attached hydrogens (tertiary/aromatic N) is 5. The highest BCUT2D eigenvalue weighted by Crippen LogP contribution is 2.40. The number of ether oxygens (including phenoxy) is 1. The van der Waals surface area contributed by atoms with Gasteiger partial charge in [-0.2, -0.15) is 0 Å². The van der Waals surface area contributed by atoms with Crippen molar-refractivity contribution in [3.05, 3.63) is 48.0 Å². The van der Waals surface area contributed by atoms with E-state index in [0.717, 1.165) is 12.8 Å². The average Bonchev–Trinajstić information content (AvgIpc) is 3.55. The molecule has 192 valence electrons. The van der Waals surface area contributed by atoms with E-state index in [0.29, 0.717) is 47.0 Å². The molecule has 2 N–H and O–H groups in total. The first-order valence-corrected chi connectivity index (χ1v) is 13.5. The summed E-state index contributed by atoms with van der Waals surface area (Å²) in [5.74, 6) is 0.649. The molecule has 0 aliphatic heterocycles. The molecule has 1 aliphatic rings. The van der Waals surface area contributed by atoms with Crippen molar-refractivity contribution >= 4 is 15.6 Å². The molecule has 3 aromatic rings. The molecular formula is C25H31FN6O3S. The third kappa shape index (κ3) is 4.59. The van der Waals surface area contributed by atoms with Gasteiger partial charge in [-0.25, -0.2) is 22.9 Å². The number of aromatic nitrogens is 3. The molecule has 2 aromatic heterocycles. The van der Waals surface area contributed by atoms with Crippen molar-refractivity contribution in [2.45, 2.75) is 49.8 Å². The number of aliphatic imine (C=N–C) groups is 1. The van der Waals surface area contributed by atoms with Crippen LogP contribution < -0.4 is 10.5 Å². The maximum absolute atomic E-state index is 15.1. The summed E-state index contributed by atoms with van der Waals surface area (Å²) in [4.78, 5) is 13.2. The second kappa shape index (κ2) is 9.61. The Morgan fingerprint density at radius 1 is 1.19 bits per heavy atom. The van der Waals surface area contributed by atoms with Gasteiger partial charge in [0.05, 0.1) is 34.8 Å². The molecule has 1 saturated carbocycles. The van der Waals surface area contributed by atoms with E-state index in [1.807, 2.05) is 0 Å². The second-order valence-electron chi connectivity index (χ2n) is 9.46. The first kappa shape index (κ1) is 25.7. The summed E-state index contributed by atoms with van der Waals surface area (Å²) >= 11 is 0. The van der Waals surface area contributed by atoms with Gasteiger partial charge >= 0.3 is 0 Å². The van der Waals surface area contributed by atoms with Gasteiger partial charge in [0.15, 0.2) is 5.76 Å². The van der Waals surface area contributed by atoms with Crippen LogP contribution in [0.1, 0.15) is 45.1 Å². The van der Waals surface area contributed by atoms with Crippen LogP contribution in [0.25, 0.3) is 22.7 Å². The molecule has 1 unspecified atom stereocenters. The highest BCUT2D eigenvalue weighted by molar-refractivity contribution is 7.95. The van der Waals surface area contributed by atoms with Crippen LogP contribution in [-0.2, 0) is 15.3 Å². The predicted octanol–water partition coefficient (Wildman–Crippen LogP) is 4.58. The molecule has 1 fully saturated rings. The van der Waals surface area contributed by atoms with Crippen LogP contribution in [0.3, 0.4) is 0 Å². The Bertz CT molecular complexity index is 1400. The van der Waals surface area contributed by atoms with Gasteiger partial charge in [-0.05, 0) is 44.9 Å². The summed E-state index contributed by atoms with van der Waals surface area (Å²) in [5.41, 5.74) is 7.43. The standard InChI is InChI=1S/C25H31FN6O3S/c1-24(2,31-23(27)25(10-6-7-11-25)36(5,33)28-3)17-12-16(8-9-18(17)26)21-13-19(32-35-21)20-14-30-22(34-4)15-29-20/h8-9,12-15H,6-7,10-11H2,1-5H3,(H2,27,31). The lowest BCUT2D eigenvalue weighted by Gasteiger charge is -2.32. The number of benzene rings is 1. The van der Waals surface area contributed by atoms with Gasteiger partial charge in [0.25, 0.3) is 0 Å². The summed E-state index contributed by atoms with van der Waals surface area (Å²) in [6.45, 7) is 3.56. The van der Waals surface area contributed by atoms with Crippen molar-refractivity contribution < 1.29 is 17.9 Å². The van der Waals surface area contributed by atoms with E-state index in [-0.39, 0.29) is 5.84 Å². The van der Waals surface area contributed by atoms with Crippen LogP contribution in [0.5, 0.6) is 5.88 Å². The first-order chi connectivity index (χ1) is 17.0. The molecule has 1 atom stereocenters. The lowest BCUT2D eigenvalue weighted by atomic mass is 9.91. The minimum absolute atomic E-state index is 0.257. The smallest absolute Gasteiger partial charge is 0.232 e. The van der Waals surface area contributed by atoms with Crippen molar-refractivity contribution in [3.63, 3.8) is 0 Å². The predicted molar refractivity (Wildman–Crippen MR) is 138 cm³/mol. The molecule has 4 rings (SSSR count). The van der Waals surface area contributed by atoms with E-state index in [9.17, 15) is 4.21 Å². The molecular weight excluding hydrogens is 483 g/mol. The molecule has 0 spiro atoms. The highest BCUT2D eigenvalue weighted by atomic mass is 32.2. The first-order valence-electron chi connectivity index (χ1n) is 11.6. The Kier molecular flexibility index (Phi) is 6.87. The number of nitrogens with two attached hydrogens (primary N) is 1. The summed E-state index contributed by atoms with van der Waals surface area (Å²) in [6, 6.07) is 6.36. The Hall–Kier alpha value is -3.34. The Labute approximate surface area is 210 Å². The van der Waals surface area contributed by atoms with Crippen LogP contribution in [0, 0.1) is 5.82 Å². The van der Waals surface area contributed by atoms with Crippen molar-refractivity contribution in [3.8, 4) is 28.6 Å². The van der Waals surface area contributed by atoms with Gasteiger partial charge in [0, 0.05) is 30.5 Å². The van der Waals surface area contributed by atoms with Crippen LogP contribution in [0.4, 0.5) is 4.39 Å². The Balaban J connectivity index is 1.70. The fraction of sp³-hybridized carbons (Fsp3) is 0.440. The summed E-state index contributed by atoms with van der Waals surface area (Å²) in [7, 11) is 0.440. The monoisotopic (exact) mass is 514 g/mol. The highest BCUT2D eigenvalue weighted by Gasteiger charge is 2.46. The average molecular weight is 515 g/mol.